The number of halogens is 1. The van der Waals surface area contributed by atoms with Crippen LogP contribution in [0.2, 0.25) is 5.02 Å². The standard InChI is InChI=1S/C17H20ClNO/c1-2-3-4-8-16(20)19-17(13-6-5-7-13)14-9-11-15(18)12-10-14/h2-4,8-13,17H,5-7H2,1H3,(H,19,20)/b3-2+,8-4+. The highest BCUT2D eigenvalue weighted by Gasteiger charge is 2.29. The van der Waals surface area contributed by atoms with Crippen molar-refractivity contribution in [3.63, 3.8) is 0 Å². The Morgan fingerprint density at radius 3 is 2.55 bits per heavy atom. The fourth-order valence-corrected chi connectivity index (χ4v) is 2.50. The van der Waals surface area contributed by atoms with Gasteiger partial charge in [-0.1, -0.05) is 48.4 Å². The lowest BCUT2D eigenvalue weighted by atomic mass is 9.77. The van der Waals surface area contributed by atoms with Crippen molar-refractivity contribution in [1.82, 2.24) is 5.32 Å². The van der Waals surface area contributed by atoms with E-state index < -0.39 is 0 Å². The van der Waals surface area contributed by atoms with Gasteiger partial charge in [-0.25, -0.2) is 0 Å². The lowest BCUT2D eigenvalue weighted by Gasteiger charge is -2.34. The van der Waals surface area contributed by atoms with E-state index in [1.165, 1.54) is 19.3 Å². The highest BCUT2D eigenvalue weighted by molar-refractivity contribution is 6.30. The number of benzene rings is 1. The van der Waals surface area contributed by atoms with Crippen molar-refractivity contribution in [1.29, 1.82) is 0 Å². The molecule has 2 nitrogen and oxygen atoms in total. The molecule has 0 aliphatic heterocycles. The van der Waals surface area contributed by atoms with E-state index in [2.05, 4.69) is 5.32 Å². The van der Waals surface area contributed by atoms with Gasteiger partial charge in [0, 0.05) is 11.1 Å². The first-order valence-corrected chi connectivity index (χ1v) is 7.44. The van der Waals surface area contributed by atoms with Gasteiger partial charge in [0.05, 0.1) is 6.04 Å². The zero-order valence-electron chi connectivity index (χ0n) is 11.7. The lowest BCUT2D eigenvalue weighted by molar-refractivity contribution is -0.117. The fourth-order valence-electron chi connectivity index (χ4n) is 2.37. The van der Waals surface area contributed by atoms with Crippen LogP contribution >= 0.6 is 11.6 Å². The van der Waals surface area contributed by atoms with Crippen LogP contribution in [0.15, 0.2) is 48.6 Å². The minimum absolute atomic E-state index is 0.0463. The molecule has 1 aliphatic carbocycles. The monoisotopic (exact) mass is 289 g/mol. The quantitative estimate of drug-likeness (QED) is 0.630. The zero-order valence-corrected chi connectivity index (χ0v) is 12.4. The molecular formula is C17H20ClNO. The van der Waals surface area contributed by atoms with Gasteiger partial charge in [0.1, 0.15) is 0 Å². The third kappa shape index (κ3) is 3.97. The maximum Gasteiger partial charge on any atom is 0.244 e. The second-order valence-electron chi connectivity index (χ2n) is 5.11. The van der Waals surface area contributed by atoms with E-state index in [4.69, 9.17) is 11.6 Å². The van der Waals surface area contributed by atoms with E-state index in [0.29, 0.717) is 5.92 Å². The van der Waals surface area contributed by atoms with Crippen molar-refractivity contribution in [3.05, 3.63) is 59.2 Å². The second-order valence-corrected chi connectivity index (χ2v) is 5.55. The average Bonchev–Trinajstić information content (AvgIpc) is 2.37. The van der Waals surface area contributed by atoms with Crippen LogP contribution in [0.3, 0.4) is 0 Å². The van der Waals surface area contributed by atoms with Crippen molar-refractivity contribution in [2.45, 2.75) is 32.2 Å². The van der Waals surface area contributed by atoms with E-state index in [-0.39, 0.29) is 11.9 Å². The van der Waals surface area contributed by atoms with Gasteiger partial charge in [-0.15, -0.1) is 0 Å². The topological polar surface area (TPSA) is 29.1 Å². The first-order chi connectivity index (χ1) is 9.70. The van der Waals surface area contributed by atoms with Gasteiger partial charge >= 0.3 is 0 Å². The maximum atomic E-state index is 12.0. The van der Waals surface area contributed by atoms with Crippen LogP contribution in [-0.2, 0) is 4.79 Å². The molecule has 1 atom stereocenters. The summed E-state index contributed by atoms with van der Waals surface area (Å²) in [6, 6.07) is 7.85. The van der Waals surface area contributed by atoms with E-state index in [1.807, 2.05) is 43.3 Å². The number of rotatable bonds is 5. The molecule has 20 heavy (non-hydrogen) atoms. The predicted octanol–water partition coefficient (Wildman–Crippen LogP) is 4.43. The van der Waals surface area contributed by atoms with Crippen LogP contribution in [-0.4, -0.2) is 5.91 Å². The summed E-state index contributed by atoms with van der Waals surface area (Å²) >= 11 is 5.93. The molecule has 3 heteroatoms. The molecule has 1 saturated carbocycles. The first-order valence-electron chi connectivity index (χ1n) is 7.06. The van der Waals surface area contributed by atoms with E-state index >= 15 is 0 Å². The molecule has 1 unspecified atom stereocenters. The molecule has 0 bridgehead atoms. The number of nitrogens with one attached hydrogen (secondary N) is 1. The molecule has 1 aromatic carbocycles. The fraction of sp³-hybridized carbons (Fsp3) is 0.353. The molecule has 0 spiro atoms. The average molecular weight is 290 g/mol. The van der Waals surface area contributed by atoms with Gasteiger partial charge < -0.3 is 5.32 Å². The van der Waals surface area contributed by atoms with Crippen LogP contribution in [0.25, 0.3) is 0 Å². The van der Waals surface area contributed by atoms with Gasteiger partial charge in [0.15, 0.2) is 0 Å². The highest BCUT2D eigenvalue weighted by atomic mass is 35.5. The van der Waals surface area contributed by atoms with Gasteiger partial charge in [0.25, 0.3) is 0 Å². The normalized spacial score (nSPS) is 17.3. The molecule has 1 aliphatic rings. The Hall–Kier alpha value is -1.54. The number of hydrogen-bond acceptors (Lipinski definition) is 1. The Bertz CT molecular complexity index is 500. The van der Waals surface area contributed by atoms with E-state index in [9.17, 15) is 4.79 Å². The summed E-state index contributed by atoms with van der Waals surface area (Å²) in [6.45, 7) is 1.92. The van der Waals surface area contributed by atoms with Crippen LogP contribution < -0.4 is 5.32 Å². The lowest BCUT2D eigenvalue weighted by Crippen LogP contribution is -2.35. The molecule has 0 saturated heterocycles. The molecule has 2 rings (SSSR count). The van der Waals surface area contributed by atoms with Crippen molar-refractivity contribution < 1.29 is 4.79 Å². The smallest absolute Gasteiger partial charge is 0.244 e. The van der Waals surface area contributed by atoms with Crippen molar-refractivity contribution >= 4 is 17.5 Å². The van der Waals surface area contributed by atoms with Crippen molar-refractivity contribution in [2.75, 3.05) is 0 Å². The summed E-state index contributed by atoms with van der Waals surface area (Å²) in [5.41, 5.74) is 1.13. The summed E-state index contributed by atoms with van der Waals surface area (Å²) in [7, 11) is 0. The molecule has 0 aromatic heterocycles. The number of allylic oxidation sites excluding steroid dienone is 3. The predicted molar refractivity (Wildman–Crippen MR) is 83.6 cm³/mol. The maximum absolute atomic E-state index is 12.0. The van der Waals surface area contributed by atoms with Crippen molar-refractivity contribution in [2.24, 2.45) is 5.92 Å². The van der Waals surface area contributed by atoms with Gasteiger partial charge in [-0.3, -0.25) is 4.79 Å². The Balaban J connectivity index is 2.08. The number of carbonyl (C=O) groups excluding carboxylic acids is 1. The van der Waals surface area contributed by atoms with E-state index in [1.54, 1.807) is 12.2 Å². The van der Waals surface area contributed by atoms with Crippen LogP contribution in [0.5, 0.6) is 0 Å². The summed E-state index contributed by atoms with van der Waals surface area (Å²) in [6.07, 6.45) is 10.7. The van der Waals surface area contributed by atoms with E-state index in [0.717, 1.165) is 10.6 Å². The van der Waals surface area contributed by atoms with Gasteiger partial charge in [0.2, 0.25) is 5.91 Å². The molecule has 0 heterocycles. The van der Waals surface area contributed by atoms with Crippen molar-refractivity contribution in [3.8, 4) is 0 Å². The Morgan fingerprint density at radius 1 is 1.30 bits per heavy atom. The largest absolute Gasteiger partial charge is 0.345 e. The Labute approximate surface area is 125 Å². The molecular weight excluding hydrogens is 270 g/mol. The molecule has 1 fully saturated rings. The summed E-state index contributed by atoms with van der Waals surface area (Å²) in [5, 5.41) is 3.83. The summed E-state index contributed by atoms with van der Waals surface area (Å²) < 4.78 is 0. The molecule has 0 radical (unpaired) electrons. The molecule has 1 N–H and O–H groups in total. The summed E-state index contributed by atoms with van der Waals surface area (Å²) in [5.74, 6) is 0.491. The van der Waals surface area contributed by atoms with Gasteiger partial charge in [-0.05, 0) is 43.4 Å². The third-order valence-corrected chi connectivity index (χ3v) is 3.95. The highest BCUT2D eigenvalue weighted by Crippen LogP contribution is 2.37. The SMILES string of the molecule is C/C=C/C=C/C(=O)NC(c1ccc(Cl)cc1)C1CCC1. The van der Waals surface area contributed by atoms with Crippen LogP contribution in [0, 0.1) is 5.92 Å². The second kappa shape index (κ2) is 7.30. The first kappa shape index (κ1) is 14.9. The Morgan fingerprint density at radius 2 is 2.00 bits per heavy atom. The molecule has 1 aromatic rings. The minimum atomic E-state index is -0.0463. The molecule has 106 valence electrons. The zero-order chi connectivity index (χ0) is 14.4. The number of amides is 1. The summed E-state index contributed by atoms with van der Waals surface area (Å²) in [4.78, 5) is 12.0. The number of hydrogen-bond donors (Lipinski definition) is 1. The van der Waals surface area contributed by atoms with Gasteiger partial charge in [-0.2, -0.15) is 0 Å². The minimum Gasteiger partial charge on any atom is -0.345 e. The van der Waals surface area contributed by atoms with Crippen LogP contribution in [0.1, 0.15) is 37.8 Å². The molecule has 1 amide bonds. The third-order valence-electron chi connectivity index (χ3n) is 3.70. The van der Waals surface area contributed by atoms with Crippen LogP contribution in [0.4, 0.5) is 0 Å². The number of carbonyl (C=O) groups is 1. The Kier molecular flexibility index (Phi) is 5.42.